The summed E-state index contributed by atoms with van der Waals surface area (Å²) in [7, 11) is 3.67. The Balaban J connectivity index is 2.01. The molecule has 3 rings (SSSR count). The Morgan fingerprint density at radius 2 is 2.12 bits per heavy atom. The monoisotopic (exact) mass is 337 g/mol. The molecule has 0 radical (unpaired) electrons. The maximum atomic E-state index is 11.8. The number of nitrogens with zero attached hydrogens (tertiary/aromatic N) is 4. The molecule has 6 heteroatoms. The van der Waals surface area contributed by atoms with Gasteiger partial charge in [0.1, 0.15) is 0 Å². The fourth-order valence-corrected chi connectivity index (χ4v) is 3.12. The van der Waals surface area contributed by atoms with Crippen LogP contribution in [0.5, 0.6) is 0 Å². The molecule has 1 aromatic carbocycles. The molecule has 0 aliphatic carbocycles. The lowest BCUT2D eigenvalue weighted by molar-refractivity contribution is -0.128. The largest absolute Gasteiger partial charge is 0.398 e. The predicted octanol–water partition coefficient (Wildman–Crippen LogP) is 2.08. The number of aliphatic imine (C=N–C) groups is 1. The van der Waals surface area contributed by atoms with E-state index in [9.17, 15) is 4.79 Å². The number of likely N-dealkylation sites (tertiary alicyclic amines) is 1. The number of amides is 1. The number of hydrogen-bond acceptors (Lipinski definition) is 4. The summed E-state index contributed by atoms with van der Waals surface area (Å²) in [5.74, 6) is 0.0598. The summed E-state index contributed by atoms with van der Waals surface area (Å²) >= 11 is 0. The Labute approximate surface area is 147 Å². The molecule has 130 valence electrons. The second-order valence-corrected chi connectivity index (χ2v) is 6.24. The quantitative estimate of drug-likeness (QED) is 0.911. The van der Waals surface area contributed by atoms with Crippen LogP contribution in [0.1, 0.15) is 18.9 Å². The SMILES string of the molecule is CN=C1CCN(C(C)=O)CC1=C(N)c1cccc(-c2cnn(C)c2)c1. The number of carbonyl (C=O) groups excluding carboxylic acids is 1. The molecule has 0 saturated carbocycles. The number of carbonyl (C=O) groups is 1. The van der Waals surface area contributed by atoms with Crippen molar-refractivity contribution in [3.8, 4) is 11.1 Å². The van der Waals surface area contributed by atoms with Gasteiger partial charge in [-0.2, -0.15) is 5.10 Å². The fraction of sp³-hybridized carbons (Fsp3) is 0.316. The first-order valence-electron chi connectivity index (χ1n) is 8.29. The summed E-state index contributed by atoms with van der Waals surface area (Å²) in [6.07, 6.45) is 4.54. The molecule has 2 heterocycles. The van der Waals surface area contributed by atoms with Gasteiger partial charge in [0, 0.05) is 69.3 Å². The van der Waals surface area contributed by atoms with Gasteiger partial charge >= 0.3 is 0 Å². The van der Waals surface area contributed by atoms with Gasteiger partial charge in [-0.15, -0.1) is 0 Å². The van der Waals surface area contributed by atoms with E-state index < -0.39 is 0 Å². The Bertz CT molecular complexity index is 862. The van der Waals surface area contributed by atoms with E-state index in [1.165, 1.54) is 0 Å². The van der Waals surface area contributed by atoms with Crippen LogP contribution < -0.4 is 5.73 Å². The van der Waals surface area contributed by atoms with Crippen molar-refractivity contribution in [1.29, 1.82) is 0 Å². The van der Waals surface area contributed by atoms with Crippen molar-refractivity contribution in [2.45, 2.75) is 13.3 Å². The molecule has 0 bridgehead atoms. The Hall–Kier alpha value is -2.89. The molecule has 1 aromatic heterocycles. The molecule has 2 aromatic rings. The maximum absolute atomic E-state index is 11.8. The smallest absolute Gasteiger partial charge is 0.219 e. The van der Waals surface area contributed by atoms with E-state index in [4.69, 9.17) is 5.73 Å². The van der Waals surface area contributed by atoms with Gasteiger partial charge in [0.25, 0.3) is 0 Å². The van der Waals surface area contributed by atoms with E-state index in [2.05, 4.69) is 16.2 Å². The molecule has 1 fully saturated rings. The van der Waals surface area contributed by atoms with E-state index in [0.29, 0.717) is 18.8 Å². The van der Waals surface area contributed by atoms with Crippen molar-refractivity contribution >= 4 is 17.3 Å². The molecule has 2 N–H and O–H groups in total. The Morgan fingerprint density at radius 3 is 2.76 bits per heavy atom. The molecule has 1 aliphatic heterocycles. The molecular formula is C19H23N5O. The van der Waals surface area contributed by atoms with Crippen molar-refractivity contribution in [2.75, 3.05) is 20.1 Å². The summed E-state index contributed by atoms with van der Waals surface area (Å²) in [5.41, 5.74) is 12.1. The first-order valence-corrected chi connectivity index (χ1v) is 8.29. The number of aromatic nitrogens is 2. The van der Waals surface area contributed by atoms with Crippen molar-refractivity contribution in [2.24, 2.45) is 17.8 Å². The van der Waals surface area contributed by atoms with Crippen molar-refractivity contribution in [1.82, 2.24) is 14.7 Å². The number of nitrogens with two attached hydrogens (primary N) is 1. The summed E-state index contributed by atoms with van der Waals surface area (Å²) in [4.78, 5) is 17.9. The van der Waals surface area contributed by atoms with Crippen molar-refractivity contribution in [3.63, 3.8) is 0 Å². The molecular weight excluding hydrogens is 314 g/mol. The van der Waals surface area contributed by atoms with E-state index in [1.807, 2.05) is 42.5 Å². The lowest BCUT2D eigenvalue weighted by Gasteiger charge is -2.30. The third kappa shape index (κ3) is 3.47. The minimum atomic E-state index is 0.0598. The minimum Gasteiger partial charge on any atom is -0.398 e. The highest BCUT2D eigenvalue weighted by molar-refractivity contribution is 6.07. The number of aryl methyl sites for hydroxylation is 1. The van der Waals surface area contributed by atoms with Crippen LogP contribution in [0.4, 0.5) is 0 Å². The van der Waals surface area contributed by atoms with Gasteiger partial charge in [-0.05, 0) is 17.2 Å². The van der Waals surface area contributed by atoms with E-state index >= 15 is 0 Å². The third-order valence-corrected chi connectivity index (χ3v) is 4.57. The molecule has 0 atom stereocenters. The first kappa shape index (κ1) is 17.0. The number of benzene rings is 1. The fourth-order valence-electron chi connectivity index (χ4n) is 3.12. The maximum Gasteiger partial charge on any atom is 0.219 e. The highest BCUT2D eigenvalue weighted by Crippen LogP contribution is 2.25. The van der Waals surface area contributed by atoms with Crippen LogP contribution in [0.25, 0.3) is 16.8 Å². The molecule has 0 spiro atoms. The summed E-state index contributed by atoms with van der Waals surface area (Å²) in [5, 5.41) is 4.22. The molecule has 6 nitrogen and oxygen atoms in total. The van der Waals surface area contributed by atoms with Crippen LogP contribution in [-0.4, -0.2) is 46.4 Å². The van der Waals surface area contributed by atoms with Gasteiger partial charge < -0.3 is 10.6 Å². The second kappa shape index (κ2) is 6.93. The van der Waals surface area contributed by atoms with Crippen molar-refractivity contribution < 1.29 is 4.79 Å². The summed E-state index contributed by atoms with van der Waals surface area (Å²) in [6, 6.07) is 8.07. The lowest BCUT2D eigenvalue weighted by atomic mass is 9.95. The topological polar surface area (TPSA) is 76.5 Å². The van der Waals surface area contributed by atoms with Crippen LogP contribution in [-0.2, 0) is 11.8 Å². The van der Waals surface area contributed by atoms with Gasteiger partial charge in [-0.1, -0.05) is 18.2 Å². The average Bonchev–Trinajstić information content (AvgIpc) is 3.07. The van der Waals surface area contributed by atoms with Gasteiger partial charge in [0.15, 0.2) is 0 Å². The van der Waals surface area contributed by atoms with Gasteiger partial charge in [-0.3, -0.25) is 14.5 Å². The molecule has 1 saturated heterocycles. The second-order valence-electron chi connectivity index (χ2n) is 6.24. The average molecular weight is 337 g/mol. The van der Waals surface area contributed by atoms with Crippen LogP contribution in [0.2, 0.25) is 0 Å². The predicted molar refractivity (Wildman–Crippen MR) is 100.0 cm³/mol. The standard InChI is InChI=1S/C19H23N5O/c1-13(25)24-8-7-18(21-2)17(12-24)19(20)15-6-4-5-14(9-15)16-10-22-23(3)11-16/h4-6,9-11H,7-8,12,20H2,1-3H3. The number of piperidine rings is 1. The van der Waals surface area contributed by atoms with Gasteiger partial charge in [-0.25, -0.2) is 0 Å². The zero-order valence-corrected chi connectivity index (χ0v) is 14.9. The molecule has 0 unspecified atom stereocenters. The van der Waals surface area contributed by atoms with Crippen LogP contribution >= 0.6 is 0 Å². The highest BCUT2D eigenvalue weighted by Gasteiger charge is 2.23. The summed E-state index contributed by atoms with van der Waals surface area (Å²) < 4.78 is 1.78. The molecule has 25 heavy (non-hydrogen) atoms. The van der Waals surface area contributed by atoms with Crippen LogP contribution in [0, 0.1) is 0 Å². The van der Waals surface area contributed by atoms with E-state index in [1.54, 1.807) is 18.7 Å². The van der Waals surface area contributed by atoms with Crippen molar-refractivity contribution in [3.05, 3.63) is 47.8 Å². The zero-order valence-electron chi connectivity index (χ0n) is 14.9. The third-order valence-electron chi connectivity index (χ3n) is 4.57. The van der Waals surface area contributed by atoms with E-state index in [-0.39, 0.29) is 5.91 Å². The zero-order chi connectivity index (χ0) is 18.0. The number of rotatable bonds is 2. The molecule has 1 aliphatic rings. The molecule has 1 amide bonds. The Morgan fingerprint density at radius 1 is 1.32 bits per heavy atom. The van der Waals surface area contributed by atoms with Gasteiger partial charge in [0.05, 0.1) is 6.20 Å². The normalized spacial score (nSPS) is 18.5. The Kier molecular flexibility index (Phi) is 4.70. The first-order chi connectivity index (χ1) is 12.0. The van der Waals surface area contributed by atoms with Gasteiger partial charge in [0.2, 0.25) is 5.91 Å². The lowest BCUT2D eigenvalue weighted by Crippen LogP contribution is -2.39. The minimum absolute atomic E-state index is 0.0598. The summed E-state index contributed by atoms with van der Waals surface area (Å²) in [6.45, 7) is 2.78. The number of hydrogen-bond donors (Lipinski definition) is 1. The van der Waals surface area contributed by atoms with Crippen LogP contribution in [0.15, 0.2) is 47.2 Å². The van der Waals surface area contributed by atoms with E-state index in [0.717, 1.165) is 34.4 Å². The highest BCUT2D eigenvalue weighted by atomic mass is 16.2. The van der Waals surface area contributed by atoms with Crippen LogP contribution in [0.3, 0.4) is 0 Å².